The average molecular weight is 985 g/mol. The molecule has 2 bridgehead atoms. The van der Waals surface area contributed by atoms with Gasteiger partial charge in [0.2, 0.25) is 41.4 Å². The average Bonchev–Trinajstić information content (AvgIpc) is 3.32. The van der Waals surface area contributed by atoms with Gasteiger partial charge >= 0.3 is 11.9 Å². The van der Waals surface area contributed by atoms with Gasteiger partial charge in [-0.2, -0.15) is 0 Å². The lowest BCUT2D eigenvalue weighted by molar-refractivity contribution is -0.171. The van der Waals surface area contributed by atoms with Gasteiger partial charge < -0.3 is 62.1 Å². The topological polar surface area (TPSA) is 312 Å². The summed E-state index contributed by atoms with van der Waals surface area (Å²) >= 11 is 0. The highest BCUT2D eigenvalue weighted by Crippen LogP contribution is 2.28. The number of rotatable bonds is 19. The fourth-order valence-corrected chi connectivity index (χ4v) is 8.37. The molecule has 2 heterocycles. The molecule has 0 aliphatic carbocycles. The first-order valence-electron chi connectivity index (χ1n) is 24.2. The van der Waals surface area contributed by atoms with Crippen molar-refractivity contribution in [2.75, 3.05) is 27.8 Å². The normalized spacial score (nSPS) is 24.9. The van der Waals surface area contributed by atoms with Gasteiger partial charge in [0.15, 0.2) is 5.96 Å². The molecule has 22 heteroatoms. The molecule has 70 heavy (non-hydrogen) atoms. The highest BCUT2D eigenvalue weighted by Gasteiger charge is 2.47. The van der Waals surface area contributed by atoms with E-state index < -0.39 is 126 Å². The zero-order chi connectivity index (χ0) is 52.2. The van der Waals surface area contributed by atoms with Gasteiger partial charge in [-0.05, 0) is 56.4 Å². The van der Waals surface area contributed by atoms with Crippen LogP contribution in [0.3, 0.4) is 0 Å². The number of piperidine rings is 1. The number of cyclic esters (lactones) is 1. The van der Waals surface area contributed by atoms with Gasteiger partial charge in [-0.15, -0.1) is 0 Å². The SMILES string of the molecule is CCCCCC(=O)NC(CC(=O)OC)C(=O)NC1C(=O)NC(CCCN=C(N)N)C(=O)NC2CCC(OC)N(C2=O)C(C(C)C)C(=O)N(C)C(Cc2ccccc2)C(=O)NC(C(C)CC)C(=O)OC1C. The van der Waals surface area contributed by atoms with Gasteiger partial charge in [-0.1, -0.05) is 84.2 Å². The number of ether oxygens (including phenoxy) is 3. The lowest BCUT2D eigenvalue weighted by atomic mass is 9.93. The van der Waals surface area contributed by atoms with Crippen molar-refractivity contribution in [1.82, 2.24) is 36.4 Å². The van der Waals surface area contributed by atoms with Crippen LogP contribution in [0.2, 0.25) is 0 Å². The van der Waals surface area contributed by atoms with Crippen LogP contribution in [0.15, 0.2) is 35.3 Å². The smallest absolute Gasteiger partial charge is 0.329 e. The van der Waals surface area contributed by atoms with Gasteiger partial charge in [0, 0.05) is 33.5 Å². The van der Waals surface area contributed by atoms with Gasteiger partial charge in [0.25, 0.3) is 0 Å². The number of guanidine groups is 1. The Morgan fingerprint density at radius 1 is 0.900 bits per heavy atom. The quantitative estimate of drug-likeness (QED) is 0.0424. The molecule has 0 spiro atoms. The van der Waals surface area contributed by atoms with Crippen molar-refractivity contribution in [1.29, 1.82) is 0 Å². The number of aliphatic imine (C=N–C) groups is 1. The van der Waals surface area contributed by atoms with Crippen LogP contribution in [0, 0.1) is 11.8 Å². The van der Waals surface area contributed by atoms with Crippen molar-refractivity contribution in [2.45, 2.75) is 167 Å². The number of carbonyl (C=O) groups is 9. The van der Waals surface area contributed by atoms with E-state index in [-0.39, 0.29) is 51.0 Å². The predicted molar refractivity (Wildman–Crippen MR) is 258 cm³/mol. The maximum absolute atomic E-state index is 14.9. The maximum atomic E-state index is 14.9. The van der Waals surface area contributed by atoms with Crippen LogP contribution in [0.1, 0.15) is 111 Å². The van der Waals surface area contributed by atoms with E-state index in [0.717, 1.165) is 20.0 Å². The van der Waals surface area contributed by atoms with Crippen molar-refractivity contribution in [3.63, 3.8) is 0 Å². The third kappa shape index (κ3) is 16.7. The Morgan fingerprint density at radius 2 is 1.59 bits per heavy atom. The van der Waals surface area contributed by atoms with Crippen molar-refractivity contribution in [3.8, 4) is 0 Å². The Labute approximate surface area is 410 Å². The predicted octanol–water partition coefficient (Wildman–Crippen LogP) is 0.288. The van der Waals surface area contributed by atoms with E-state index in [4.69, 9.17) is 25.7 Å². The highest BCUT2D eigenvalue weighted by atomic mass is 16.5. The molecule has 390 valence electrons. The minimum atomic E-state index is -1.80. The summed E-state index contributed by atoms with van der Waals surface area (Å²) in [4.78, 5) is 134. The minimum Gasteiger partial charge on any atom is -0.469 e. The van der Waals surface area contributed by atoms with Crippen LogP contribution in [-0.2, 0) is 63.8 Å². The Bertz CT molecular complexity index is 2000. The lowest BCUT2D eigenvalue weighted by Crippen LogP contribution is -2.66. The minimum absolute atomic E-state index is 0.000523. The fourth-order valence-electron chi connectivity index (χ4n) is 8.37. The molecule has 7 amide bonds. The summed E-state index contributed by atoms with van der Waals surface area (Å²) in [6, 6.07) is -0.871. The van der Waals surface area contributed by atoms with E-state index in [1.165, 1.54) is 30.9 Å². The molecule has 22 nitrogen and oxygen atoms in total. The molecule has 10 unspecified atom stereocenters. The van der Waals surface area contributed by atoms with Crippen LogP contribution >= 0.6 is 0 Å². The van der Waals surface area contributed by atoms with Crippen LogP contribution in [0.4, 0.5) is 0 Å². The zero-order valence-corrected chi connectivity index (χ0v) is 42.1. The van der Waals surface area contributed by atoms with Crippen LogP contribution in [-0.4, -0.2) is 151 Å². The van der Waals surface area contributed by atoms with Crippen molar-refractivity contribution < 1.29 is 57.4 Å². The largest absolute Gasteiger partial charge is 0.469 e. The van der Waals surface area contributed by atoms with Crippen molar-refractivity contribution in [3.05, 3.63) is 35.9 Å². The number of hydrogen-bond donors (Lipinski definition) is 7. The van der Waals surface area contributed by atoms with Gasteiger partial charge in [-0.25, -0.2) is 4.79 Å². The number of hydrogen-bond acceptors (Lipinski definition) is 13. The monoisotopic (exact) mass is 985 g/mol. The molecule has 2 aliphatic heterocycles. The number of nitrogens with zero attached hydrogens (tertiary/aromatic N) is 3. The number of methoxy groups -OCH3 is 2. The molecule has 0 saturated carbocycles. The molecule has 10 atom stereocenters. The van der Waals surface area contributed by atoms with Crippen molar-refractivity contribution in [2.24, 2.45) is 28.3 Å². The van der Waals surface area contributed by atoms with E-state index in [1.807, 2.05) is 6.92 Å². The third-order valence-corrected chi connectivity index (χ3v) is 12.7. The van der Waals surface area contributed by atoms with E-state index in [2.05, 4.69) is 31.6 Å². The number of likely N-dealkylation sites (N-methyl/N-ethyl adjacent to an activating group) is 1. The first kappa shape index (κ1) is 58.0. The summed E-state index contributed by atoms with van der Waals surface area (Å²) < 4.78 is 16.5. The second-order valence-electron chi connectivity index (χ2n) is 18.3. The Hall–Kier alpha value is -6.32. The Morgan fingerprint density at radius 3 is 2.19 bits per heavy atom. The number of fused-ring (bicyclic) bond motifs is 2. The molecule has 9 N–H and O–H groups in total. The number of benzene rings is 1. The lowest BCUT2D eigenvalue weighted by Gasteiger charge is -2.45. The molecule has 0 radical (unpaired) electrons. The number of unbranched alkanes of at least 4 members (excludes halogenated alkanes) is 2. The van der Waals surface area contributed by atoms with Gasteiger partial charge in [-0.3, -0.25) is 43.3 Å². The molecule has 1 aromatic carbocycles. The molecule has 2 aliphatic rings. The summed E-state index contributed by atoms with van der Waals surface area (Å²) in [7, 11) is 3.94. The first-order chi connectivity index (χ1) is 33.2. The summed E-state index contributed by atoms with van der Waals surface area (Å²) in [5.74, 6) is -8.59. The molecular formula is C48H76N10O12. The van der Waals surface area contributed by atoms with E-state index >= 15 is 0 Å². The van der Waals surface area contributed by atoms with Gasteiger partial charge in [0.1, 0.15) is 54.6 Å². The Kier molecular flexibility index (Phi) is 23.5. The fraction of sp³-hybridized carbons (Fsp3) is 0.667. The second kappa shape index (κ2) is 28.4. The summed E-state index contributed by atoms with van der Waals surface area (Å²) in [5.41, 5.74) is 11.8. The number of carbonyl (C=O) groups excluding carboxylic acids is 9. The molecule has 0 aromatic heterocycles. The second-order valence-corrected chi connectivity index (χ2v) is 18.3. The number of nitrogens with two attached hydrogens (primary N) is 2. The standard InChI is InChI=1S/C48H76N10O12/c1-10-12-14-21-35(59)52-33(26-37(60)69-9)42(62)56-39-29(6)70-47(67)38(28(5)11-2)55-43(63)34(25-30-18-15-13-16-19-30)57(7)46(66)40(27(3)4)58-36(68-8)23-22-32(45(58)65)54-41(61)31(53-44(39)64)20-17-24-51-48(49)50/h13,15-16,18-19,27-29,31-34,36,38-40H,10-12,14,17,20-26H2,1-9H3,(H,52,59)(H,53,64)(H,54,61)(H,55,63)(H,56,62)(H4,49,50,51). The Balaban J connectivity index is 2.26. The molecule has 2 fully saturated rings. The summed E-state index contributed by atoms with van der Waals surface area (Å²) in [5, 5.41) is 13.3. The van der Waals surface area contributed by atoms with E-state index in [0.29, 0.717) is 18.4 Å². The third-order valence-electron chi connectivity index (χ3n) is 12.7. The zero-order valence-electron chi connectivity index (χ0n) is 42.1. The molecule has 3 rings (SSSR count). The number of nitrogens with one attached hydrogen (secondary N) is 5. The summed E-state index contributed by atoms with van der Waals surface area (Å²) in [6.45, 7) is 10.3. The molecular weight excluding hydrogens is 909 g/mol. The van der Waals surface area contributed by atoms with Crippen molar-refractivity contribution >= 4 is 59.2 Å². The van der Waals surface area contributed by atoms with Gasteiger partial charge in [0.05, 0.1) is 13.5 Å². The van der Waals surface area contributed by atoms with Crippen LogP contribution < -0.4 is 38.1 Å². The number of amides is 7. The highest BCUT2D eigenvalue weighted by molar-refractivity contribution is 5.99. The molecule has 2 saturated heterocycles. The number of esters is 2. The molecule has 1 aromatic rings. The van der Waals surface area contributed by atoms with E-state index in [1.54, 1.807) is 58.0 Å². The summed E-state index contributed by atoms with van der Waals surface area (Å²) in [6.07, 6.45) is -0.338. The van der Waals surface area contributed by atoms with Crippen LogP contribution in [0.25, 0.3) is 0 Å². The first-order valence-corrected chi connectivity index (χ1v) is 24.2. The van der Waals surface area contributed by atoms with E-state index in [9.17, 15) is 43.2 Å². The van der Waals surface area contributed by atoms with Crippen LogP contribution in [0.5, 0.6) is 0 Å². The maximum Gasteiger partial charge on any atom is 0.329 e.